The Morgan fingerprint density at radius 1 is 1.18 bits per heavy atom. The monoisotopic (exact) mass is 296 g/mol. The van der Waals surface area contributed by atoms with Crippen LogP contribution in [0.2, 0.25) is 0 Å². The molecule has 2 aromatic rings. The van der Waals surface area contributed by atoms with Crippen LogP contribution in [0.1, 0.15) is 43.8 Å². The van der Waals surface area contributed by atoms with Crippen molar-refractivity contribution in [3.05, 3.63) is 48.3 Å². The highest BCUT2D eigenvalue weighted by molar-refractivity contribution is 6.01. The number of aromatic nitrogens is 3. The second-order valence-corrected chi connectivity index (χ2v) is 5.60. The zero-order valence-corrected chi connectivity index (χ0v) is 12.5. The molecule has 0 saturated heterocycles. The molecule has 22 heavy (non-hydrogen) atoms. The van der Waals surface area contributed by atoms with E-state index in [1.807, 2.05) is 41.2 Å². The number of benzene rings is 1. The highest BCUT2D eigenvalue weighted by atomic mass is 16.1. The van der Waals surface area contributed by atoms with Crippen molar-refractivity contribution in [2.45, 2.75) is 38.1 Å². The fraction of sp³-hybridized carbons (Fsp3) is 0.353. The summed E-state index contributed by atoms with van der Waals surface area (Å²) >= 11 is 0. The molecular weight excluding hydrogens is 276 g/mol. The predicted octanol–water partition coefficient (Wildman–Crippen LogP) is 3.44. The van der Waals surface area contributed by atoms with Gasteiger partial charge in [-0.2, -0.15) is 0 Å². The third-order valence-electron chi connectivity index (χ3n) is 3.92. The van der Waals surface area contributed by atoms with Crippen LogP contribution in [-0.2, 0) is 4.79 Å². The van der Waals surface area contributed by atoms with Crippen molar-refractivity contribution < 1.29 is 4.79 Å². The average Bonchev–Trinajstić information content (AvgIpc) is 3.04. The summed E-state index contributed by atoms with van der Waals surface area (Å²) in [6.45, 7) is 0. The lowest BCUT2D eigenvalue weighted by molar-refractivity contribution is -0.111. The molecule has 1 N–H and O–H groups in total. The summed E-state index contributed by atoms with van der Waals surface area (Å²) < 4.78 is 1.94. The van der Waals surface area contributed by atoms with Crippen LogP contribution in [0, 0.1) is 0 Å². The Kier molecular flexibility index (Phi) is 4.63. The van der Waals surface area contributed by atoms with Gasteiger partial charge in [0.15, 0.2) is 0 Å². The number of carbonyl (C=O) groups excluding carboxylic acids is 1. The molecule has 1 fully saturated rings. The number of rotatable bonds is 4. The summed E-state index contributed by atoms with van der Waals surface area (Å²) in [6, 6.07) is 9.84. The van der Waals surface area contributed by atoms with E-state index in [0.29, 0.717) is 11.7 Å². The van der Waals surface area contributed by atoms with E-state index >= 15 is 0 Å². The Labute approximate surface area is 130 Å². The molecule has 1 amide bonds. The first kappa shape index (κ1) is 14.5. The first-order chi connectivity index (χ1) is 10.8. The van der Waals surface area contributed by atoms with Crippen LogP contribution in [0.5, 0.6) is 0 Å². The van der Waals surface area contributed by atoms with E-state index in [4.69, 9.17) is 0 Å². The van der Waals surface area contributed by atoms with Crippen molar-refractivity contribution >= 4 is 17.7 Å². The number of anilines is 1. The minimum absolute atomic E-state index is 0.168. The Hall–Kier alpha value is -2.43. The fourth-order valence-electron chi connectivity index (χ4n) is 2.76. The standard InChI is InChI=1S/C17H20N4O/c22-17(18-14-7-3-1-4-8-14)12-11-15-13-21(20-19-15)16-9-5-2-6-10-16/h1,3-4,7-8,11-13,16H,2,5-6,9-10H2,(H,18,22)/b12-11-. The molecule has 0 radical (unpaired) electrons. The van der Waals surface area contributed by atoms with Crippen LogP contribution in [-0.4, -0.2) is 20.9 Å². The van der Waals surface area contributed by atoms with Crippen LogP contribution in [0.25, 0.3) is 6.08 Å². The van der Waals surface area contributed by atoms with E-state index in [2.05, 4.69) is 15.6 Å². The summed E-state index contributed by atoms with van der Waals surface area (Å²) in [5.74, 6) is -0.168. The van der Waals surface area contributed by atoms with Crippen LogP contribution in [0.4, 0.5) is 5.69 Å². The first-order valence-corrected chi connectivity index (χ1v) is 7.77. The molecular formula is C17H20N4O. The van der Waals surface area contributed by atoms with Crippen molar-refractivity contribution in [1.29, 1.82) is 0 Å². The van der Waals surface area contributed by atoms with Gasteiger partial charge in [0, 0.05) is 11.8 Å². The number of hydrogen-bond donors (Lipinski definition) is 1. The second-order valence-electron chi connectivity index (χ2n) is 5.60. The van der Waals surface area contributed by atoms with Crippen LogP contribution in [0.3, 0.4) is 0 Å². The van der Waals surface area contributed by atoms with Gasteiger partial charge in [0.2, 0.25) is 5.91 Å². The smallest absolute Gasteiger partial charge is 0.248 e. The van der Waals surface area contributed by atoms with Gasteiger partial charge in [0.05, 0.1) is 12.2 Å². The second kappa shape index (κ2) is 7.02. The van der Waals surface area contributed by atoms with Crippen molar-refractivity contribution in [2.24, 2.45) is 0 Å². The van der Waals surface area contributed by atoms with Crippen molar-refractivity contribution in [1.82, 2.24) is 15.0 Å². The van der Waals surface area contributed by atoms with Gasteiger partial charge in [0.1, 0.15) is 5.69 Å². The molecule has 5 heteroatoms. The maximum Gasteiger partial charge on any atom is 0.248 e. The summed E-state index contributed by atoms with van der Waals surface area (Å²) in [6.07, 6.45) is 11.3. The van der Waals surface area contributed by atoms with E-state index in [1.54, 1.807) is 6.08 Å². The molecule has 1 heterocycles. The number of carbonyl (C=O) groups is 1. The molecule has 1 aliphatic rings. The molecule has 1 aromatic carbocycles. The topological polar surface area (TPSA) is 59.8 Å². The van der Waals surface area contributed by atoms with Crippen LogP contribution in [0.15, 0.2) is 42.6 Å². The minimum atomic E-state index is -0.168. The van der Waals surface area contributed by atoms with Crippen LogP contribution >= 0.6 is 0 Å². The van der Waals surface area contributed by atoms with Gasteiger partial charge in [-0.05, 0) is 31.1 Å². The molecule has 0 bridgehead atoms. The zero-order chi connectivity index (χ0) is 15.2. The molecule has 0 unspecified atom stereocenters. The van der Waals surface area contributed by atoms with E-state index in [-0.39, 0.29) is 5.91 Å². The van der Waals surface area contributed by atoms with E-state index in [1.165, 1.54) is 38.2 Å². The Morgan fingerprint density at radius 3 is 2.73 bits per heavy atom. The highest BCUT2D eigenvalue weighted by Crippen LogP contribution is 2.27. The molecule has 1 saturated carbocycles. The predicted molar refractivity (Wildman–Crippen MR) is 86.2 cm³/mol. The van der Waals surface area contributed by atoms with Gasteiger partial charge in [-0.25, -0.2) is 4.68 Å². The molecule has 0 atom stereocenters. The summed E-state index contributed by atoms with van der Waals surface area (Å²) in [5, 5.41) is 11.1. The SMILES string of the molecule is O=C(/C=C\c1cn(C2CCCCC2)nn1)Nc1ccccc1. The minimum Gasteiger partial charge on any atom is -0.323 e. The third kappa shape index (κ3) is 3.81. The number of amides is 1. The van der Waals surface area contributed by atoms with Crippen molar-refractivity contribution in [3.63, 3.8) is 0 Å². The molecule has 114 valence electrons. The van der Waals surface area contributed by atoms with Gasteiger partial charge < -0.3 is 5.32 Å². The van der Waals surface area contributed by atoms with E-state index in [9.17, 15) is 4.79 Å². The maximum absolute atomic E-state index is 11.8. The van der Waals surface area contributed by atoms with Gasteiger partial charge >= 0.3 is 0 Å². The molecule has 0 aliphatic heterocycles. The fourth-order valence-corrected chi connectivity index (χ4v) is 2.76. The van der Waals surface area contributed by atoms with Gasteiger partial charge in [-0.3, -0.25) is 4.79 Å². The molecule has 1 aliphatic carbocycles. The number of hydrogen-bond acceptors (Lipinski definition) is 3. The number of nitrogens with zero attached hydrogens (tertiary/aromatic N) is 3. The average molecular weight is 296 g/mol. The lowest BCUT2D eigenvalue weighted by Crippen LogP contribution is -2.13. The largest absolute Gasteiger partial charge is 0.323 e. The Bertz CT molecular complexity index is 642. The molecule has 3 rings (SSSR count). The van der Waals surface area contributed by atoms with Gasteiger partial charge in [-0.15, -0.1) is 5.10 Å². The first-order valence-electron chi connectivity index (χ1n) is 7.77. The lowest BCUT2D eigenvalue weighted by atomic mass is 9.96. The van der Waals surface area contributed by atoms with E-state index in [0.717, 1.165) is 5.69 Å². The zero-order valence-electron chi connectivity index (χ0n) is 12.5. The number of para-hydroxylation sites is 1. The number of nitrogens with one attached hydrogen (secondary N) is 1. The Morgan fingerprint density at radius 2 is 1.95 bits per heavy atom. The normalized spacial score (nSPS) is 16.0. The van der Waals surface area contributed by atoms with E-state index < -0.39 is 0 Å². The summed E-state index contributed by atoms with van der Waals surface area (Å²) in [7, 11) is 0. The molecule has 5 nitrogen and oxygen atoms in total. The molecule has 0 spiro atoms. The summed E-state index contributed by atoms with van der Waals surface area (Å²) in [5.41, 5.74) is 1.50. The lowest BCUT2D eigenvalue weighted by Gasteiger charge is -2.20. The van der Waals surface area contributed by atoms with Crippen molar-refractivity contribution in [2.75, 3.05) is 5.32 Å². The van der Waals surface area contributed by atoms with Crippen molar-refractivity contribution in [3.8, 4) is 0 Å². The van der Waals surface area contributed by atoms with Gasteiger partial charge in [-0.1, -0.05) is 42.7 Å². The maximum atomic E-state index is 11.8. The van der Waals surface area contributed by atoms with Gasteiger partial charge in [0.25, 0.3) is 0 Å². The Balaban J connectivity index is 1.58. The molecule has 1 aromatic heterocycles. The summed E-state index contributed by atoms with van der Waals surface area (Å²) in [4.78, 5) is 11.8. The highest BCUT2D eigenvalue weighted by Gasteiger charge is 2.16. The van der Waals surface area contributed by atoms with Crippen LogP contribution < -0.4 is 5.32 Å². The quantitative estimate of drug-likeness (QED) is 0.879. The third-order valence-corrected chi connectivity index (χ3v) is 3.92.